The van der Waals surface area contributed by atoms with Crippen LogP contribution in [0.25, 0.3) is 0 Å². The van der Waals surface area contributed by atoms with E-state index in [9.17, 15) is 14.4 Å². The molecule has 0 heterocycles. The van der Waals surface area contributed by atoms with Gasteiger partial charge in [-0.05, 0) is 77.0 Å². The molecule has 1 atom stereocenters. The molecule has 1 unspecified atom stereocenters. The van der Waals surface area contributed by atoms with Crippen LogP contribution in [0.4, 0.5) is 0 Å². The van der Waals surface area contributed by atoms with Crippen LogP contribution in [0.15, 0.2) is 85.1 Å². The molecular formula is C69H120O6. The van der Waals surface area contributed by atoms with Gasteiger partial charge in [-0.15, -0.1) is 0 Å². The molecule has 0 aromatic heterocycles. The summed E-state index contributed by atoms with van der Waals surface area (Å²) in [5, 5.41) is 0. The largest absolute Gasteiger partial charge is 0.462 e. The maximum atomic E-state index is 12.8. The summed E-state index contributed by atoms with van der Waals surface area (Å²) in [6.07, 6.45) is 83.4. The Hall–Kier alpha value is -3.41. The monoisotopic (exact) mass is 1040 g/mol. The van der Waals surface area contributed by atoms with Crippen LogP contribution in [-0.4, -0.2) is 37.2 Å². The van der Waals surface area contributed by atoms with E-state index in [-0.39, 0.29) is 31.1 Å². The van der Waals surface area contributed by atoms with Gasteiger partial charge in [0.05, 0.1) is 0 Å². The summed E-state index contributed by atoms with van der Waals surface area (Å²) in [5.74, 6) is -0.865. The molecule has 0 N–H and O–H groups in total. The van der Waals surface area contributed by atoms with Crippen molar-refractivity contribution in [2.75, 3.05) is 13.2 Å². The molecule has 0 spiro atoms. The van der Waals surface area contributed by atoms with Gasteiger partial charge in [0.2, 0.25) is 0 Å². The van der Waals surface area contributed by atoms with E-state index in [0.29, 0.717) is 19.3 Å². The summed E-state index contributed by atoms with van der Waals surface area (Å²) >= 11 is 0. The highest BCUT2D eigenvalue weighted by Gasteiger charge is 2.19. The average molecular weight is 1050 g/mol. The van der Waals surface area contributed by atoms with E-state index in [4.69, 9.17) is 14.2 Å². The summed E-state index contributed by atoms with van der Waals surface area (Å²) in [5.41, 5.74) is 0. The molecule has 75 heavy (non-hydrogen) atoms. The summed E-state index contributed by atoms with van der Waals surface area (Å²) in [4.78, 5) is 38.0. The van der Waals surface area contributed by atoms with Gasteiger partial charge in [-0.3, -0.25) is 14.4 Å². The number of carbonyl (C=O) groups excluding carboxylic acids is 3. The number of ether oxygens (including phenoxy) is 3. The van der Waals surface area contributed by atoms with E-state index in [0.717, 1.165) is 103 Å². The standard InChI is InChI=1S/C69H120O6/c1-4-7-10-13-16-18-20-22-24-25-26-27-28-29-30-31-32-33-34-35-36-37-38-39-40-41-42-43-45-46-48-50-53-56-59-62-68(71)74-65-66(64-73-67(70)61-58-55-52-15-12-9-6-3)75-69(72)63-60-57-54-51-49-47-44-23-21-19-17-14-11-8-5-2/h7,10,16,18,22,24,26-27,29-30,32-33,35-36,66H,4-6,8-9,11-15,17,19-21,23,25,28,31,34,37-65H2,1-3H3/b10-7-,18-16-,24-22-,27-26-,30-29-,33-32-,36-35-. The van der Waals surface area contributed by atoms with Crippen molar-refractivity contribution in [2.45, 2.75) is 322 Å². The van der Waals surface area contributed by atoms with Gasteiger partial charge in [-0.2, -0.15) is 0 Å². The number of esters is 3. The molecule has 0 fully saturated rings. The Morgan fingerprint density at radius 3 is 0.813 bits per heavy atom. The Balaban J connectivity index is 4.02. The molecule has 0 saturated heterocycles. The van der Waals surface area contributed by atoms with E-state index < -0.39 is 6.10 Å². The first kappa shape index (κ1) is 71.6. The number of rotatable bonds is 58. The van der Waals surface area contributed by atoms with Crippen LogP contribution >= 0.6 is 0 Å². The lowest BCUT2D eigenvalue weighted by molar-refractivity contribution is -0.167. The molecule has 0 amide bonds. The van der Waals surface area contributed by atoms with Crippen molar-refractivity contribution < 1.29 is 28.6 Å². The van der Waals surface area contributed by atoms with Crippen LogP contribution in [0, 0.1) is 0 Å². The van der Waals surface area contributed by atoms with Gasteiger partial charge < -0.3 is 14.2 Å². The van der Waals surface area contributed by atoms with Gasteiger partial charge in [0.1, 0.15) is 13.2 Å². The molecule has 0 radical (unpaired) electrons. The number of carbonyl (C=O) groups is 3. The van der Waals surface area contributed by atoms with Crippen molar-refractivity contribution in [3.05, 3.63) is 85.1 Å². The maximum Gasteiger partial charge on any atom is 0.306 e. The smallest absolute Gasteiger partial charge is 0.306 e. The highest BCUT2D eigenvalue weighted by Crippen LogP contribution is 2.17. The highest BCUT2D eigenvalue weighted by molar-refractivity contribution is 5.71. The lowest BCUT2D eigenvalue weighted by Gasteiger charge is -2.18. The predicted molar refractivity (Wildman–Crippen MR) is 325 cm³/mol. The second-order valence-electron chi connectivity index (χ2n) is 21.3. The molecule has 432 valence electrons. The van der Waals surface area contributed by atoms with Crippen molar-refractivity contribution in [3.8, 4) is 0 Å². The predicted octanol–water partition coefficient (Wildman–Crippen LogP) is 21.9. The Morgan fingerprint density at radius 1 is 0.280 bits per heavy atom. The van der Waals surface area contributed by atoms with Gasteiger partial charge in [0, 0.05) is 19.3 Å². The third-order valence-electron chi connectivity index (χ3n) is 13.9. The first-order valence-electron chi connectivity index (χ1n) is 32.1. The molecule has 0 aliphatic heterocycles. The number of unbranched alkanes of at least 4 members (excludes halogenated alkanes) is 33. The van der Waals surface area contributed by atoms with E-state index >= 15 is 0 Å². The average Bonchev–Trinajstić information content (AvgIpc) is 3.41. The fraction of sp³-hybridized carbons (Fsp3) is 0.754. The van der Waals surface area contributed by atoms with Crippen molar-refractivity contribution in [1.29, 1.82) is 0 Å². The second kappa shape index (κ2) is 63.1. The third-order valence-corrected chi connectivity index (χ3v) is 13.9. The highest BCUT2D eigenvalue weighted by atomic mass is 16.6. The van der Waals surface area contributed by atoms with Gasteiger partial charge >= 0.3 is 17.9 Å². The lowest BCUT2D eigenvalue weighted by atomic mass is 10.0. The Morgan fingerprint density at radius 2 is 0.520 bits per heavy atom. The third kappa shape index (κ3) is 61.3. The van der Waals surface area contributed by atoms with E-state index in [2.05, 4.69) is 106 Å². The van der Waals surface area contributed by atoms with Crippen LogP contribution in [0.3, 0.4) is 0 Å². The maximum absolute atomic E-state index is 12.8. The molecule has 6 heteroatoms. The molecule has 6 nitrogen and oxygen atoms in total. The van der Waals surface area contributed by atoms with Crippen molar-refractivity contribution >= 4 is 17.9 Å². The SMILES string of the molecule is CC/C=C\C/C=C\C/C=C\C/C=C\C/C=C\C/C=C\C/C=C\CCCCCCCCCCCCCCCC(=O)OCC(COC(=O)CCCCCCCCC)OC(=O)CCCCCCCCCCCCCCCCC. The zero-order valence-corrected chi connectivity index (χ0v) is 49.6. The van der Waals surface area contributed by atoms with Gasteiger partial charge in [-0.1, -0.05) is 305 Å². The topological polar surface area (TPSA) is 78.9 Å². The molecule has 0 aliphatic rings. The lowest BCUT2D eigenvalue weighted by Crippen LogP contribution is -2.30. The molecule has 0 saturated carbocycles. The van der Waals surface area contributed by atoms with E-state index in [1.807, 2.05) is 0 Å². The summed E-state index contributed by atoms with van der Waals surface area (Å²) < 4.78 is 16.8. The minimum Gasteiger partial charge on any atom is -0.462 e. The molecule has 0 aromatic carbocycles. The minimum absolute atomic E-state index is 0.0711. The summed E-state index contributed by atoms with van der Waals surface area (Å²) in [7, 11) is 0. The van der Waals surface area contributed by atoms with Crippen molar-refractivity contribution in [1.82, 2.24) is 0 Å². The van der Waals surface area contributed by atoms with Crippen LogP contribution in [0.2, 0.25) is 0 Å². The first-order chi connectivity index (χ1) is 37.0. The van der Waals surface area contributed by atoms with Crippen LogP contribution in [0.5, 0.6) is 0 Å². The minimum atomic E-state index is -0.770. The van der Waals surface area contributed by atoms with Crippen molar-refractivity contribution in [2.24, 2.45) is 0 Å². The van der Waals surface area contributed by atoms with Crippen molar-refractivity contribution in [3.63, 3.8) is 0 Å². The molecule has 0 aromatic rings. The van der Waals surface area contributed by atoms with Crippen LogP contribution in [-0.2, 0) is 28.6 Å². The normalized spacial score (nSPS) is 12.6. The molecule has 0 rings (SSSR count). The Bertz CT molecular complexity index is 1430. The summed E-state index contributed by atoms with van der Waals surface area (Å²) in [6.45, 7) is 6.51. The fourth-order valence-corrected chi connectivity index (χ4v) is 9.13. The Labute approximate surface area is 465 Å². The zero-order valence-electron chi connectivity index (χ0n) is 49.6. The van der Waals surface area contributed by atoms with E-state index in [1.165, 1.54) is 173 Å². The van der Waals surface area contributed by atoms with Gasteiger partial charge in [0.15, 0.2) is 6.10 Å². The molecule has 0 aliphatic carbocycles. The van der Waals surface area contributed by atoms with Gasteiger partial charge in [0.25, 0.3) is 0 Å². The molecule has 0 bridgehead atoms. The second-order valence-corrected chi connectivity index (χ2v) is 21.3. The number of allylic oxidation sites excluding steroid dienone is 14. The van der Waals surface area contributed by atoms with Gasteiger partial charge in [-0.25, -0.2) is 0 Å². The van der Waals surface area contributed by atoms with E-state index in [1.54, 1.807) is 0 Å². The Kier molecular flexibility index (Phi) is 60.3. The zero-order chi connectivity index (χ0) is 54.3. The van der Waals surface area contributed by atoms with Crippen LogP contribution < -0.4 is 0 Å². The quantitative estimate of drug-likeness (QED) is 0.0261. The first-order valence-corrected chi connectivity index (χ1v) is 32.1. The van der Waals surface area contributed by atoms with Crippen LogP contribution in [0.1, 0.15) is 316 Å². The number of hydrogen-bond donors (Lipinski definition) is 0. The summed E-state index contributed by atoms with van der Waals surface area (Å²) in [6, 6.07) is 0. The molecular weight excluding hydrogens is 925 g/mol. The number of hydrogen-bond acceptors (Lipinski definition) is 6. The fourth-order valence-electron chi connectivity index (χ4n) is 9.13.